The molecular weight excluding hydrogens is 248 g/mol. The Kier molecular flexibility index (Phi) is 5.35. The molecule has 4 N–H and O–H groups in total. The zero-order chi connectivity index (χ0) is 15.6. The van der Waals surface area contributed by atoms with Crippen molar-refractivity contribution < 1.29 is 4.79 Å². The van der Waals surface area contributed by atoms with Crippen LogP contribution in [0.5, 0.6) is 0 Å². The zero-order valence-corrected chi connectivity index (χ0v) is 13.6. The molecule has 112 valence electrons. The summed E-state index contributed by atoms with van der Waals surface area (Å²) in [5.41, 5.74) is 19.5. The Hall–Kier alpha value is -1.35. The van der Waals surface area contributed by atoms with Crippen LogP contribution in [-0.2, 0) is 4.79 Å². The summed E-state index contributed by atoms with van der Waals surface area (Å²) in [6.45, 7) is 12.8. The molecule has 0 bridgehead atoms. The van der Waals surface area contributed by atoms with Crippen LogP contribution < -0.4 is 11.5 Å². The molecule has 1 amide bonds. The molecule has 0 saturated heterocycles. The Morgan fingerprint density at radius 1 is 0.950 bits per heavy atom. The van der Waals surface area contributed by atoms with Gasteiger partial charge < -0.3 is 11.5 Å². The van der Waals surface area contributed by atoms with Gasteiger partial charge in [0.25, 0.3) is 0 Å². The summed E-state index contributed by atoms with van der Waals surface area (Å²) in [5, 5.41) is 0. The minimum atomic E-state index is -0.255. The first kappa shape index (κ1) is 16.7. The van der Waals surface area contributed by atoms with Gasteiger partial charge >= 0.3 is 0 Å². The number of hydrogen-bond donors (Lipinski definition) is 2. The van der Waals surface area contributed by atoms with E-state index >= 15 is 0 Å². The van der Waals surface area contributed by atoms with E-state index in [4.69, 9.17) is 11.5 Å². The summed E-state index contributed by atoms with van der Waals surface area (Å²) < 4.78 is 0. The van der Waals surface area contributed by atoms with E-state index in [1.807, 2.05) is 6.92 Å². The van der Waals surface area contributed by atoms with Crippen molar-refractivity contribution in [2.75, 3.05) is 0 Å². The van der Waals surface area contributed by atoms with Crippen molar-refractivity contribution >= 4 is 5.91 Å². The van der Waals surface area contributed by atoms with Crippen molar-refractivity contribution in [2.24, 2.45) is 17.4 Å². The molecule has 20 heavy (non-hydrogen) atoms. The molecule has 3 heteroatoms. The van der Waals surface area contributed by atoms with Gasteiger partial charge in [-0.15, -0.1) is 0 Å². The predicted octanol–water partition coefficient (Wildman–Crippen LogP) is 3.13. The van der Waals surface area contributed by atoms with Gasteiger partial charge in [0.05, 0.1) is 0 Å². The van der Waals surface area contributed by atoms with Crippen molar-refractivity contribution in [2.45, 2.75) is 60.4 Å². The molecule has 1 aromatic rings. The number of primary amides is 1. The third-order valence-corrected chi connectivity index (χ3v) is 4.63. The molecule has 1 rings (SSSR count). The Balaban J connectivity index is 3.10. The molecule has 2 atom stereocenters. The van der Waals surface area contributed by atoms with E-state index < -0.39 is 0 Å². The maximum atomic E-state index is 11.0. The molecule has 0 aliphatic rings. The van der Waals surface area contributed by atoms with Gasteiger partial charge in [0.1, 0.15) is 0 Å². The fourth-order valence-electron chi connectivity index (χ4n) is 3.06. The largest absolute Gasteiger partial charge is 0.370 e. The summed E-state index contributed by atoms with van der Waals surface area (Å²) in [7, 11) is 0. The fraction of sp³-hybridized carbons (Fsp3) is 0.588. The first-order valence-corrected chi connectivity index (χ1v) is 7.27. The molecule has 3 nitrogen and oxygen atoms in total. The highest BCUT2D eigenvalue weighted by atomic mass is 16.1. The van der Waals surface area contributed by atoms with E-state index in [1.165, 1.54) is 33.4 Å². The molecule has 0 aliphatic heterocycles. The summed E-state index contributed by atoms with van der Waals surface area (Å²) >= 11 is 0. The lowest BCUT2D eigenvalue weighted by molar-refractivity contribution is -0.118. The van der Waals surface area contributed by atoms with Gasteiger partial charge in [-0.25, -0.2) is 0 Å². The summed E-state index contributed by atoms with van der Waals surface area (Å²) in [4.78, 5) is 11.0. The number of carbonyl (C=O) groups excluding carboxylic acids is 1. The van der Waals surface area contributed by atoms with Crippen LogP contribution in [0.25, 0.3) is 0 Å². The van der Waals surface area contributed by atoms with E-state index in [0.29, 0.717) is 6.42 Å². The van der Waals surface area contributed by atoms with E-state index in [0.717, 1.165) is 6.42 Å². The second-order valence-electron chi connectivity index (χ2n) is 6.16. The number of benzene rings is 1. The number of carbonyl (C=O) groups is 1. The minimum absolute atomic E-state index is 0.0395. The van der Waals surface area contributed by atoms with Gasteiger partial charge in [-0.3, -0.25) is 4.79 Å². The Morgan fingerprint density at radius 3 is 1.75 bits per heavy atom. The third-order valence-electron chi connectivity index (χ3n) is 4.63. The lowest BCUT2D eigenvalue weighted by atomic mass is 9.83. The van der Waals surface area contributed by atoms with Gasteiger partial charge in [0, 0.05) is 12.5 Å². The van der Waals surface area contributed by atoms with E-state index in [-0.39, 0.29) is 17.9 Å². The lowest BCUT2D eigenvalue weighted by Gasteiger charge is -2.25. The topological polar surface area (TPSA) is 69.1 Å². The highest BCUT2D eigenvalue weighted by Crippen LogP contribution is 2.32. The Bertz CT molecular complexity index is 491. The zero-order valence-electron chi connectivity index (χ0n) is 13.6. The van der Waals surface area contributed by atoms with Crippen LogP contribution >= 0.6 is 0 Å². The van der Waals surface area contributed by atoms with Gasteiger partial charge in [-0.1, -0.05) is 6.92 Å². The monoisotopic (exact) mass is 276 g/mol. The highest BCUT2D eigenvalue weighted by Gasteiger charge is 2.20. The average molecular weight is 276 g/mol. The number of hydrogen-bond acceptors (Lipinski definition) is 2. The molecule has 0 fully saturated rings. The van der Waals surface area contributed by atoms with Gasteiger partial charge in [-0.05, 0) is 80.3 Å². The van der Waals surface area contributed by atoms with E-state index in [9.17, 15) is 4.79 Å². The minimum Gasteiger partial charge on any atom is -0.370 e. The Labute approximate surface area is 122 Å². The van der Waals surface area contributed by atoms with Crippen LogP contribution in [0.15, 0.2) is 0 Å². The SMILES string of the molecule is Cc1c(C)c(C)c(C(N)CC(C)CC(N)=O)c(C)c1C. The van der Waals surface area contributed by atoms with Crippen LogP contribution in [0.1, 0.15) is 59.2 Å². The smallest absolute Gasteiger partial charge is 0.217 e. The molecule has 0 spiro atoms. The maximum Gasteiger partial charge on any atom is 0.217 e. The predicted molar refractivity (Wildman–Crippen MR) is 84.6 cm³/mol. The molecule has 1 aromatic carbocycles. The maximum absolute atomic E-state index is 11.0. The van der Waals surface area contributed by atoms with Crippen molar-refractivity contribution in [3.8, 4) is 0 Å². The molecule has 0 aromatic heterocycles. The molecule has 0 aliphatic carbocycles. The average Bonchev–Trinajstić information content (AvgIpc) is 2.33. The number of rotatable bonds is 5. The van der Waals surface area contributed by atoms with E-state index in [2.05, 4.69) is 34.6 Å². The first-order chi connectivity index (χ1) is 9.16. The second kappa shape index (κ2) is 6.40. The molecule has 0 radical (unpaired) electrons. The summed E-state index contributed by atoms with van der Waals surface area (Å²) in [6.07, 6.45) is 1.18. The summed E-state index contributed by atoms with van der Waals surface area (Å²) in [5.74, 6) is -0.0439. The van der Waals surface area contributed by atoms with Gasteiger partial charge in [-0.2, -0.15) is 0 Å². The third kappa shape index (κ3) is 3.40. The Morgan fingerprint density at radius 2 is 1.35 bits per heavy atom. The standard InChI is InChI=1S/C17H28N2O/c1-9(8-16(19)20)7-15(18)17-13(5)11(3)10(2)12(4)14(17)6/h9,15H,7-8,18H2,1-6H3,(H2,19,20). The summed E-state index contributed by atoms with van der Waals surface area (Å²) in [6, 6.07) is -0.0395. The van der Waals surface area contributed by atoms with E-state index in [1.54, 1.807) is 0 Å². The number of nitrogens with two attached hydrogens (primary N) is 2. The van der Waals surface area contributed by atoms with Crippen LogP contribution in [0.4, 0.5) is 0 Å². The highest BCUT2D eigenvalue weighted by molar-refractivity contribution is 5.73. The van der Waals surface area contributed by atoms with Crippen LogP contribution in [0.3, 0.4) is 0 Å². The molecule has 0 heterocycles. The molecular formula is C17H28N2O. The first-order valence-electron chi connectivity index (χ1n) is 7.27. The quantitative estimate of drug-likeness (QED) is 0.867. The second-order valence-corrected chi connectivity index (χ2v) is 6.16. The van der Waals surface area contributed by atoms with Crippen LogP contribution in [-0.4, -0.2) is 5.91 Å². The normalized spacial score (nSPS) is 14.2. The van der Waals surface area contributed by atoms with Crippen LogP contribution in [0, 0.1) is 40.5 Å². The lowest BCUT2D eigenvalue weighted by Crippen LogP contribution is -2.21. The van der Waals surface area contributed by atoms with Crippen LogP contribution in [0.2, 0.25) is 0 Å². The number of amides is 1. The van der Waals surface area contributed by atoms with Gasteiger partial charge in [0.15, 0.2) is 0 Å². The van der Waals surface area contributed by atoms with Crippen molar-refractivity contribution in [3.05, 3.63) is 33.4 Å². The van der Waals surface area contributed by atoms with Crippen molar-refractivity contribution in [1.82, 2.24) is 0 Å². The van der Waals surface area contributed by atoms with Gasteiger partial charge in [0.2, 0.25) is 5.91 Å². The molecule has 2 unspecified atom stereocenters. The van der Waals surface area contributed by atoms with Crippen molar-refractivity contribution in [1.29, 1.82) is 0 Å². The van der Waals surface area contributed by atoms with Crippen molar-refractivity contribution in [3.63, 3.8) is 0 Å². The molecule has 0 saturated carbocycles. The fourth-order valence-corrected chi connectivity index (χ4v) is 3.06.